The van der Waals surface area contributed by atoms with Crippen LogP contribution in [0.4, 0.5) is 8.78 Å². The Kier molecular flexibility index (Phi) is 6.29. The molecular weight excluding hydrogens is 233 g/mol. The van der Waals surface area contributed by atoms with E-state index in [2.05, 4.69) is 11.6 Å². The minimum Gasteiger partial charge on any atom is -0.295 e. The van der Waals surface area contributed by atoms with Gasteiger partial charge in [0.25, 0.3) is 0 Å². The SMILES string of the molecule is CCCCCC(=O)/C=C(\Cl)C(F)(F)Cl. The highest BCUT2D eigenvalue weighted by Crippen LogP contribution is 2.31. The predicted octanol–water partition coefficient (Wildman–Crippen LogP) is 4.09. The Morgan fingerprint density at radius 3 is 2.43 bits per heavy atom. The number of carbonyl (C=O) groups excluding carboxylic acids is 1. The zero-order valence-electron chi connectivity index (χ0n) is 7.83. The topological polar surface area (TPSA) is 17.1 Å². The summed E-state index contributed by atoms with van der Waals surface area (Å²) < 4.78 is 24.6. The molecule has 1 nitrogen and oxygen atoms in total. The van der Waals surface area contributed by atoms with Gasteiger partial charge in [0.1, 0.15) is 5.03 Å². The molecule has 0 spiro atoms. The monoisotopic (exact) mass is 244 g/mol. The molecule has 0 heterocycles. The van der Waals surface area contributed by atoms with Gasteiger partial charge in [-0.15, -0.1) is 0 Å². The van der Waals surface area contributed by atoms with Crippen LogP contribution < -0.4 is 0 Å². The van der Waals surface area contributed by atoms with E-state index in [1.165, 1.54) is 0 Å². The van der Waals surface area contributed by atoms with Crippen molar-refractivity contribution in [3.8, 4) is 0 Å². The molecule has 0 aromatic rings. The fraction of sp³-hybridized carbons (Fsp3) is 0.667. The van der Waals surface area contributed by atoms with E-state index in [1.807, 2.05) is 6.92 Å². The first kappa shape index (κ1) is 13.8. The van der Waals surface area contributed by atoms with Gasteiger partial charge in [-0.25, -0.2) is 0 Å². The molecule has 0 aliphatic heterocycles. The standard InChI is InChI=1S/C9H12Cl2F2O/c1-2-3-4-5-7(14)6-8(10)9(11,12)13/h6H,2-5H2,1H3/b8-6-. The van der Waals surface area contributed by atoms with Gasteiger partial charge in [-0.3, -0.25) is 4.79 Å². The van der Waals surface area contributed by atoms with Crippen LogP contribution in [-0.4, -0.2) is 11.2 Å². The molecular formula is C9H12Cl2F2O. The highest BCUT2D eigenvalue weighted by Gasteiger charge is 2.29. The largest absolute Gasteiger partial charge is 0.358 e. The van der Waals surface area contributed by atoms with E-state index >= 15 is 0 Å². The second kappa shape index (κ2) is 6.36. The number of rotatable bonds is 6. The molecule has 0 aromatic heterocycles. The lowest BCUT2D eigenvalue weighted by Gasteiger charge is -2.04. The number of unbranched alkanes of at least 4 members (excludes halogenated alkanes) is 2. The molecule has 0 atom stereocenters. The molecule has 0 aliphatic rings. The highest BCUT2D eigenvalue weighted by molar-refractivity contribution is 6.39. The molecule has 0 saturated carbocycles. The average Bonchev–Trinajstić information content (AvgIpc) is 2.03. The van der Waals surface area contributed by atoms with Gasteiger partial charge in [0, 0.05) is 12.5 Å². The first-order valence-corrected chi connectivity index (χ1v) is 5.10. The number of hydrogen-bond donors (Lipinski definition) is 0. The van der Waals surface area contributed by atoms with Crippen LogP contribution >= 0.6 is 23.2 Å². The van der Waals surface area contributed by atoms with Crippen LogP contribution in [0.3, 0.4) is 0 Å². The maximum atomic E-state index is 12.3. The summed E-state index contributed by atoms with van der Waals surface area (Å²) >= 11 is 9.73. The van der Waals surface area contributed by atoms with Crippen LogP contribution in [0.2, 0.25) is 0 Å². The molecule has 0 bridgehead atoms. The Balaban J connectivity index is 4.03. The van der Waals surface area contributed by atoms with Gasteiger partial charge in [0.2, 0.25) is 0 Å². The van der Waals surface area contributed by atoms with Crippen molar-refractivity contribution in [1.29, 1.82) is 0 Å². The van der Waals surface area contributed by atoms with Crippen LogP contribution in [0.15, 0.2) is 11.1 Å². The van der Waals surface area contributed by atoms with E-state index in [9.17, 15) is 13.6 Å². The van der Waals surface area contributed by atoms with Crippen LogP contribution in [0.1, 0.15) is 32.6 Å². The molecule has 0 aromatic carbocycles. The zero-order chi connectivity index (χ0) is 11.2. The number of halogens is 4. The van der Waals surface area contributed by atoms with Crippen molar-refractivity contribution < 1.29 is 13.6 Å². The van der Waals surface area contributed by atoms with Crippen LogP contribution in [-0.2, 0) is 4.79 Å². The van der Waals surface area contributed by atoms with Crippen molar-refractivity contribution in [3.63, 3.8) is 0 Å². The van der Waals surface area contributed by atoms with Crippen molar-refractivity contribution in [3.05, 3.63) is 11.1 Å². The third kappa shape index (κ3) is 6.33. The lowest BCUT2D eigenvalue weighted by atomic mass is 10.1. The van der Waals surface area contributed by atoms with Gasteiger partial charge in [0.15, 0.2) is 5.78 Å². The van der Waals surface area contributed by atoms with Gasteiger partial charge in [0.05, 0.1) is 0 Å². The molecule has 0 unspecified atom stereocenters. The maximum absolute atomic E-state index is 12.3. The van der Waals surface area contributed by atoms with Crippen LogP contribution in [0.25, 0.3) is 0 Å². The fourth-order valence-corrected chi connectivity index (χ4v) is 1.02. The van der Waals surface area contributed by atoms with Crippen molar-refractivity contribution in [1.82, 2.24) is 0 Å². The summed E-state index contributed by atoms with van der Waals surface area (Å²) in [4.78, 5) is 11.0. The summed E-state index contributed by atoms with van der Waals surface area (Å²) in [5.74, 6) is -0.413. The van der Waals surface area contributed by atoms with Crippen molar-refractivity contribution >= 4 is 29.0 Å². The normalized spacial score (nSPS) is 13.1. The molecule has 0 radical (unpaired) electrons. The van der Waals surface area contributed by atoms with Gasteiger partial charge in [-0.05, 0) is 18.0 Å². The van der Waals surface area contributed by atoms with E-state index in [-0.39, 0.29) is 6.42 Å². The predicted molar refractivity (Wildman–Crippen MR) is 53.9 cm³/mol. The molecule has 0 N–H and O–H groups in total. The lowest BCUT2D eigenvalue weighted by Crippen LogP contribution is -2.07. The number of carbonyl (C=O) groups is 1. The Morgan fingerprint density at radius 1 is 1.43 bits per heavy atom. The van der Waals surface area contributed by atoms with Gasteiger partial charge in [-0.1, -0.05) is 31.4 Å². The van der Waals surface area contributed by atoms with E-state index in [1.54, 1.807) is 0 Å². The number of hydrogen-bond acceptors (Lipinski definition) is 1. The van der Waals surface area contributed by atoms with E-state index in [0.717, 1.165) is 12.8 Å². The lowest BCUT2D eigenvalue weighted by molar-refractivity contribution is -0.114. The smallest absolute Gasteiger partial charge is 0.295 e. The second-order valence-electron chi connectivity index (χ2n) is 2.91. The molecule has 0 rings (SSSR count). The highest BCUT2D eigenvalue weighted by atomic mass is 35.5. The number of alkyl halides is 3. The molecule has 5 heteroatoms. The Hall–Kier alpha value is -0.150. The molecule has 14 heavy (non-hydrogen) atoms. The molecule has 82 valence electrons. The third-order valence-electron chi connectivity index (χ3n) is 1.59. The summed E-state index contributed by atoms with van der Waals surface area (Å²) in [7, 11) is 0. The molecule has 0 amide bonds. The maximum Gasteiger partial charge on any atom is 0.358 e. The second-order valence-corrected chi connectivity index (χ2v) is 3.80. The molecule has 0 aliphatic carbocycles. The minimum absolute atomic E-state index is 0.233. The van der Waals surface area contributed by atoms with E-state index in [4.69, 9.17) is 11.6 Å². The molecule has 0 fully saturated rings. The van der Waals surface area contributed by atoms with E-state index in [0.29, 0.717) is 12.5 Å². The summed E-state index contributed by atoms with van der Waals surface area (Å²) in [6.45, 7) is 1.99. The summed E-state index contributed by atoms with van der Waals surface area (Å²) in [6.07, 6.45) is 3.48. The Morgan fingerprint density at radius 2 is 2.00 bits per heavy atom. The van der Waals surface area contributed by atoms with Gasteiger partial charge < -0.3 is 0 Å². The average molecular weight is 245 g/mol. The first-order chi connectivity index (χ1) is 6.38. The van der Waals surface area contributed by atoms with Gasteiger partial charge in [-0.2, -0.15) is 8.78 Å². The van der Waals surface area contributed by atoms with Crippen molar-refractivity contribution in [2.45, 2.75) is 38.0 Å². The number of allylic oxidation sites excluding steroid dienone is 2. The number of ketones is 1. The van der Waals surface area contributed by atoms with Crippen molar-refractivity contribution in [2.24, 2.45) is 0 Å². The quantitative estimate of drug-likeness (QED) is 0.391. The van der Waals surface area contributed by atoms with E-state index < -0.39 is 16.2 Å². The summed E-state index contributed by atoms with van der Waals surface area (Å²) in [6, 6.07) is 0. The van der Waals surface area contributed by atoms with Crippen LogP contribution in [0.5, 0.6) is 0 Å². The summed E-state index contributed by atoms with van der Waals surface area (Å²) in [5.41, 5.74) is 0. The minimum atomic E-state index is -3.64. The Bertz CT molecular complexity index is 221. The zero-order valence-corrected chi connectivity index (χ0v) is 9.34. The fourth-order valence-electron chi connectivity index (χ4n) is 0.845. The first-order valence-electron chi connectivity index (χ1n) is 4.35. The summed E-state index contributed by atoms with van der Waals surface area (Å²) in [5, 5.41) is -4.55. The van der Waals surface area contributed by atoms with Crippen molar-refractivity contribution in [2.75, 3.05) is 0 Å². The Labute approximate surface area is 92.1 Å². The van der Waals surface area contributed by atoms with Crippen LogP contribution in [0, 0.1) is 0 Å². The third-order valence-corrected chi connectivity index (χ3v) is 2.23. The molecule has 0 saturated heterocycles. The van der Waals surface area contributed by atoms with Gasteiger partial charge >= 0.3 is 5.38 Å².